The maximum absolute atomic E-state index is 10.9. The molecular formula is C12H26N2O3. The maximum atomic E-state index is 10.9. The molecule has 3 N–H and O–H groups in total. The highest BCUT2D eigenvalue weighted by atomic mass is 16.5. The van der Waals surface area contributed by atoms with Gasteiger partial charge >= 0.3 is 0 Å². The van der Waals surface area contributed by atoms with E-state index in [0.717, 1.165) is 12.8 Å². The molecule has 102 valence electrons. The average molecular weight is 246 g/mol. The van der Waals surface area contributed by atoms with Gasteiger partial charge in [-0.05, 0) is 18.8 Å². The van der Waals surface area contributed by atoms with Crippen molar-refractivity contribution < 1.29 is 14.6 Å². The third kappa shape index (κ3) is 11.6. The van der Waals surface area contributed by atoms with Gasteiger partial charge in [0.1, 0.15) is 0 Å². The number of likely N-dealkylation sites (N-methyl/N-ethyl adjacent to an activating group) is 1. The Balaban J connectivity index is 3.28. The highest BCUT2D eigenvalue weighted by Crippen LogP contribution is 2.03. The lowest BCUT2D eigenvalue weighted by molar-refractivity contribution is -0.119. The van der Waals surface area contributed by atoms with E-state index in [1.807, 2.05) is 0 Å². The van der Waals surface area contributed by atoms with Crippen molar-refractivity contribution in [1.82, 2.24) is 10.6 Å². The summed E-state index contributed by atoms with van der Waals surface area (Å²) < 4.78 is 5.34. The van der Waals surface area contributed by atoms with Gasteiger partial charge in [0.2, 0.25) is 5.91 Å². The molecule has 0 rings (SSSR count). The Bertz CT molecular complexity index is 198. The molecule has 0 saturated carbocycles. The summed E-state index contributed by atoms with van der Waals surface area (Å²) in [4.78, 5) is 10.9. The number of nitrogens with one attached hydrogen (secondary N) is 2. The smallest absolute Gasteiger partial charge is 0.233 e. The summed E-state index contributed by atoms with van der Waals surface area (Å²) in [6, 6.07) is 0. The Morgan fingerprint density at radius 2 is 2.12 bits per heavy atom. The van der Waals surface area contributed by atoms with Crippen LogP contribution in [0.1, 0.15) is 26.7 Å². The zero-order valence-electron chi connectivity index (χ0n) is 11.2. The minimum absolute atomic E-state index is 0.0879. The molecule has 0 spiro atoms. The Labute approximate surface area is 104 Å². The van der Waals surface area contributed by atoms with E-state index in [1.54, 1.807) is 7.05 Å². The van der Waals surface area contributed by atoms with Crippen LogP contribution >= 0.6 is 0 Å². The number of carbonyl (C=O) groups excluding carboxylic acids is 1. The minimum Gasteiger partial charge on any atom is -0.389 e. The topological polar surface area (TPSA) is 70.6 Å². The predicted octanol–water partition coefficient (Wildman–Crippen LogP) is 0.136. The van der Waals surface area contributed by atoms with Crippen LogP contribution in [0.3, 0.4) is 0 Å². The first-order chi connectivity index (χ1) is 8.06. The van der Waals surface area contributed by atoms with Crippen LogP contribution in [0.4, 0.5) is 0 Å². The lowest BCUT2D eigenvalue weighted by Gasteiger charge is -2.12. The second-order valence-corrected chi connectivity index (χ2v) is 4.57. The van der Waals surface area contributed by atoms with Crippen LogP contribution in [0, 0.1) is 5.92 Å². The summed E-state index contributed by atoms with van der Waals surface area (Å²) in [7, 11) is 1.58. The molecule has 5 nitrogen and oxygen atoms in total. The van der Waals surface area contributed by atoms with Crippen molar-refractivity contribution in [2.45, 2.75) is 32.8 Å². The van der Waals surface area contributed by atoms with Crippen LogP contribution in [0.2, 0.25) is 0 Å². The molecule has 0 aliphatic heterocycles. The zero-order valence-corrected chi connectivity index (χ0v) is 11.2. The second kappa shape index (κ2) is 10.5. The molecule has 0 aliphatic carbocycles. The van der Waals surface area contributed by atoms with Gasteiger partial charge in [-0.15, -0.1) is 0 Å². The maximum Gasteiger partial charge on any atom is 0.233 e. The quantitative estimate of drug-likeness (QED) is 0.479. The average Bonchev–Trinajstić information content (AvgIpc) is 2.27. The van der Waals surface area contributed by atoms with Crippen molar-refractivity contribution in [1.29, 1.82) is 0 Å². The van der Waals surface area contributed by atoms with E-state index < -0.39 is 6.10 Å². The van der Waals surface area contributed by atoms with Gasteiger partial charge in [0.05, 0.1) is 19.3 Å². The fourth-order valence-electron chi connectivity index (χ4n) is 1.31. The van der Waals surface area contributed by atoms with Gasteiger partial charge in [-0.3, -0.25) is 4.79 Å². The molecule has 0 aliphatic rings. The van der Waals surface area contributed by atoms with E-state index in [4.69, 9.17) is 4.74 Å². The first-order valence-electron chi connectivity index (χ1n) is 6.23. The second-order valence-electron chi connectivity index (χ2n) is 4.57. The third-order valence-corrected chi connectivity index (χ3v) is 2.32. The first kappa shape index (κ1) is 16.4. The van der Waals surface area contributed by atoms with Crippen molar-refractivity contribution in [3.63, 3.8) is 0 Å². The Morgan fingerprint density at radius 3 is 2.71 bits per heavy atom. The zero-order chi connectivity index (χ0) is 13.1. The van der Waals surface area contributed by atoms with Crippen LogP contribution in [0.25, 0.3) is 0 Å². The highest BCUT2D eigenvalue weighted by molar-refractivity contribution is 5.77. The SMILES string of the molecule is CNC(=O)CNCC(O)COCCCC(C)C. The van der Waals surface area contributed by atoms with Crippen LogP contribution in [0.15, 0.2) is 0 Å². The van der Waals surface area contributed by atoms with Crippen molar-refractivity contribution in [2.75, 3.05) is 33.4 Å². The van der Waals surface area contributed by atoms with Gasteiger partial charge in [-0.1, -0.05) is 13.8 Å². The fourth-order valence-corrected chi connectivity index (χ4v) is 1.31. The summed E-state index contributed by atoms with van der Waals surface area (Å²) in [5.74, 6) is 0.604. The van der Waals surface area contributed by atoms with Crippen LogP contribution in [0.5, 0.6) is 0 Å². The third-order valence-electron chi connectivity index (χ3n) is 2.32. The lowest BCUT2D eigenvalue weighted by Crippen LogP contribution is -2.37. The van der Waals surface area contributed by atoms with Gasteiger partial charge < -0.3 is 20.5 Å². The van der Waals surface area contributed by atoms with E-state index in [1.165, 1.54) is 0 Å². The number of hydrogen-bond donors (Lipinski definition) is 3. The first-order valence-corrected chi connectivity index (χ1v) is 6.23. The Kier molecular flexibility index (Phi) is 10.1. The molecule has 0 fully saturated rings. The summed E-state index contributed by atoms with van der Waals surface area (Å²) in [5, 5.41) is 14.9. The molecule has 1 atom stereocenters. The van der Waals surface area contributed by atoms with Crippen molar-refractivity contribution in [2.24, 2.45) is 5.92 Å². The molecule has 0 heterocycles. The molecular weight excluding hydrogens is 220 g/mol. The largest absolute Gasteiger partial charge is 0.389 e. The molecule has 1 unspecified atom stereocenters. The Morgan fingerprint density at radius 1 is 1.41 bits per heavy atom. The molecule has 0 radical (unpaired) electrons. The standard InChI is InChI=1S/C12H26N2O3/c1-10(2)5-4-6-17-9-11(15)7-14-8-12(16)13-3/h10-11,14-15H,4-9H2,1-3H3,(H,13,16). The van der Waals surface area contributed by atoms with E-state index in [9.17, 15) is 9.90 Å². The number of aliphatic hydroxyl groups excluding tert-OH is 1. The van der Waals surface area contributed by atoms with Gasteiger partial charge in [-0.25, -0.2) is 0 Å². The van der Waals surface area contributed by atoms with Gasteiger partial charge in [0, 0.05) is 20.2 Å². The summed E-state index contributed by atoms with van der Waals surface area (Å²) in [5.41, 5.74) is 0. The molecule has 0 aromatic carbocycles. The molecule has 0 aromatic rings. The monoisotopic (exact) mass is 246 g/mol. The number of hydrogen-bond acceptors (Lipinski definition) is 4. The van der Waals surface area contributed by atoms with Crippen LogP contribution in [-0.2, 0) is 9.53 Å². The molecule has 0 bridgehead atoms. The number of carbonyl (C=O) groups is 1. The number of aliphatic hydroxyl groups is 1. The van der Waals surface area contributed by atoms with Crippen molar-refractivity contribution >= 4 is 5.91 Å². The number of rotatable bonds is 10. The molecule has 1 amide bonds. The van der Waals surface area contributed by atoms with E-state index >= 15 is 0 Å². The van der Waals surface area contributed by atoms with Gasteiger partial charge in [0.25, 0.3) is 0 Å². The van der Waals surface area contributed by atoms with E-state index in [-0.39, 0.29) is 12.5 Å². The molecule has 17 heavy (non-hydrogen) atoms. The van der Waals surface area contributed by atoms with Crippen molar-refractivity contribution in [3.8, 4) is 0 Å². The van der Waals surface area contributed by atoms with Crippen molar-refractivity contribution in [3.05, 3.63) is 0 Å². The summed E-state index contributed by atoms with van der Waals surface area (Å²) in [6.07, 6.45) is 1.61. The number of ether oxygens (including phenoxy) is 1. The fraction of sp³-hybridized carbons (Fsp3) is 0.917. The molecule has 0 aromatic heterocycles. The Hall–Kier alpha value is -0.650. The van der Waals surface area contributed by atoms with E-state index in [2.05, 4.69) is 24.5 Å². The van der Waals surface area contributed by atoms with E-state index in [0.29, 0.717) is 25.7 Å². The van der Waals surface area contributed by atoms with Gasteiger partial charge in [0.15, 0.2) is 0 Å². The molecule has 0 saturated heterocycles. The molecule has 5 heteroatoms. The summed E-state index contributed by atoms with van der Waals surface area (Å²) in [6.45, 7) is 5.96. The van der Waals surface area contributed by atoms with Crippen LogP contribution < -0.4 is 10.6 Å². The highest BCUT2D eigenvalue weighted by Gasteiger charge is 2.05. The summed E-state index contributed by atoms with van der Waals surface area (Å²) >= 11 is 0. The van der Waals surface area contributed by atoms with Crippen LogP contribution in [-0.4, -0.2) is 50.5 Å². The lowest BCUT2D eigenvalue weighted by atomic mass is 10.1. The minimum atomic E-state index is -0.557. The normalized spacial score (nSPS) is 12.8. The predicted molar refractivity (Wildman–Crippen MR) is 67.8 cm³/mol. The number of amides is 1. The van der Waals surface area contributed by atoms with Gasteiger partial charge in [-0.2, -0.15) is 0 Å².